The highest BCUT2D eigenvalue weighted by atomic mass is 16.5. The number of hydrogen-bond donors (Lipinski definition) is 1. The zero-order valence-corrected chi connectivity index (χ0v) is 14.7. The van der Waals surface area contributed by atoms with Gasteiger partial charge in [0, 0.05) is 18.8 Å². The average Bonchev–Trinajstić information content (AvgIpc) is 2.68. The summed E-state index contributed by atoms with van der Waals surface area (Å²) in [5.41, 5.74) is 2.74. The Bertz CT molecular complexity index is 771. The van der Waals surface area contributed by atoms with E-state index >= 15 is 0 Å². The number of amides is 1. The molecule has 6 heteroatoms. The second kappa shape index (κ2) is 8.49. The lowest BCUT2D eigenvalue weighted by molar-refractivity contribution is -0.115. The molecule has 0 spiro atoms. The van der Waals surface area contributed by atoms with Crippen molar-refractivity contribution in [3.8, 4) is 0 Å². The standard InChI is InChI=1S/C20H22N2O4/c1-25-20(24)17-14-16(7-8-18(17)22-9-11-26-12-10-22)21-19(23)13-15-5-3-2-4-6-15/h2-8,14H,9-13H2,1H3,(H,21,23). The van der Waals surface area contributed by atoms with E-state index in [-0.39, 0.29) is 12.3 Å². The van der Waals surface area contributed by atoms with Crippen molar-refractivity contribution in [2.45, 2.75) is 6.42 Å². The normalized spacial score (nSPS) is 14.0. The van der Waals surface area contributed by atoms with E-state index in [4.69, 9.17) is 9.47 Å². The lowest BCUT2D eigenvalue weighted by atomic mass is 10.1. The Morgan fingerprint density at radius 3 is 2.54 bits per heavy atom. The molecule has 0 aromatic heterocycles. The van der Waals surface area contributed by atoms with Crippen LogP contribution >= 0.6 is 0 Å². The van der Waals surface area contributed by atoms with Gasteiger partial charge in [0.25, 0.3) is 0 Å². The van der Waals surface area contributed by atoms with Gasteiger partial charge in [0.2, 0.25) is 5.91 Å². The zero-order chi connectivity index (χ0) is 18.4. The summed E-state index contributed by atoms with van der Waals surface area (Å²) in [6.45, 7) is 2.67. The highest BCUT2D eigenvalue weighted by molar-refractivity contribution is 5.99. The number of ether oxygens (including phenoxy) is 2. The van der Waals surface area contributed by atoms with Gasteiger partial charge in [-0.2, -0.15) is 0 Å². The summed E-state index contributed by atoms with van der Waals surface area (Å²) < 4.78 is 10.3. The van der Waals surface area contributed by atoms with Crippen LogP contribution in [0.25, 0.3) is 0 Å². The fourth-order valence-electron chi connectivity index (χ4n) is 2.95. The first-order valence-electron chi connectivity index (χ1n) is 8.56. The molecule has 1 N–H and O–H groups in total. The van der Waals surface area contributed by atoms with Crippen LogP contribution < -0.4 is 10.2 Å². The van der Waals surface area contributed by atoms with E-state index in [2.05, 4.69) is 10.2 Å². The minimum absolute atomic E-state index is 0.133. The van der Waals surface area contributed by atoms with Gasteiger partial charge in [-0.15, -0.1) is 0 Å². The van der Waals surface area contributed by atoms with Crippen LogP contribution in [0.1, 0.15) is 15.9 Å². The lowest BCUT2D eigenvalue weighted by Crippen LogP contribution is -2.37. The Balaban J connectivity index is 1.77. The average molecular weight is 354 g/mol. The molecule has 136 valence electrons. The van der Waals surface area contributed by atoms with Gasteiger partial charge in [-0.05, 0) is 23.8 Å². The lowest BCUT2D eigenvalue weighted by Gasteiger charge is -2.30. The molecule has 0 aliphatic carbocycles. The molecular formula is C20H22N2O4. The third-order valence-electron chi connectivity index (χ3n) is 4.24. The molecule has 1 heterocycles. The molecule has 1 aliphatic rings. The van der Waals surface area contributed by atoms with Crippen LogP contribution in [0.5, 0.6) is 0 Å². The van der Waals surface area contributed by atoms with Crippen LogP contribution in [0, 0.1) is 0 Å². The first-order chi connectivity index (χ1) is 12.7. The molecule has 3 rings (SSSR count). The van der Waals surface area contributed by atoms with Gasteiger partial charge in [0.1, 0.15) is 0 Å². The number of carbonyl (C=O) groups is 2. The second-order valence-electron chi connectivity index (χ2n) is 6.03. The molecule has 0 atom stereocenters. The van der Waals surface area contributed by atoms with Gasteiger partial charge >= 0.3 is 5.97 Å². The van der Waals surface area contributed by atoms with E-state index in [1.807, 2.05) is 36.4 Å². The number of esters is 1. The molecule has 1 aliphatic heterocycles. The number of benzene rings is 2. The maximum absolute atomic E-state index is 12.3. The molecule has 2 aromatic carbocycles. The predicted molar refractivity (Wildman–Crippen MR) is 99.6 cm³/mol. The fraction of sp³-hybridized carbons (Fsp3) is 0.300. The zero-order valence-electron chi connectivity index (χ0n) is 14.7. The number of methoxy groups -OCH3 is 1. The van der Waals surface area contributed by atoms with Crippen molar-refractivity contribution in [1.29, 1.82) is 0 Å². The van der Waals surface area contributed by atoms with Gasteiger partial charge in [-0.25, -0.2) is 4.79 Å². The Labute approximate surface area is 152 Å². The molecule has 1 saturated heterocycles. The van der Waals surface area contributed by atoms with E-state index in [0.29, 0.717) is 37.6 Å². The van der Waals surface area contributed by atoms with Crippen molar-refractivity contribution < 1.29 is 19.1 Å². The van der Waals surface area contributed by atoms with Crippen molar-refractivity contribution in [2.24, 2.45) is 0 Å². The van der Waals surface area contributed by atoms with Gasteiger partial charge in [-0.3, -0.25) is 4.79 Å². The maximum Gasteiger partial charge on any atom is 0.340 e. The van der Waals surface area contributed by atoms with Crippen molar-refractivity contribution in [2.75, 3.05) is 43.6 Å². The van der Waals surface area contributed by atoms with Crippen LogP contribution in [0.2, 0.25) is 0 Å². The van der Waals surface area contributed by atoms with E-state index in [1.54, 1.807) is 12.1 Å². The summed E-state index contributed by atoms with van der Waals surface area (Å²) in [6.07, 6.45) is 0.277. The van der Waals surface area contributed by atoms with Crippen LogP contribution in [0.15, 0.2) is 48.5 Å². The topological polar surface area (TPSA) is 67.9 Å². The van der Waals surface area contributed by atoms with E-state index < -0.39 is 5.97 Å². The van der Waals surface area contributed by atoms with Crippen molar-refractivity contribution in [1.82, 2.24) is 0 Å². The number of hydrogen-bond acceptors (Lipinski definition) is 5. The second-order valence-corrected chi connectivity index (χ2v) is 6.03. The summed E-state index contributed by atoms with van der Waals surface area (Å²) in [4.78, 5) is 26.6. The van der Waals surface area contributed by atoms with E-state index in [0.717, 1.165) is 11.3 Å². The largest absolute Gasteiger partial charge is 0.465 e. The summed E-state index contributed by atoms with van der Waals surface area (Å²) in [5.74, 6) is -0.559. The number of carbonyl (C=O) groups excluding carboxylic acids is 2. The summed E-state index contributed by atoms with van der Waals surface area (Å²) in [5, 5.41) is 2.85. The minimum Gasteiger partial charge on any atom is -0.465 e. The molecule has 0 saturated carbocycles. The highest BCUT2D eigenvalue weighted by Gasteiger charge is 2.20. The highest BCUT2D eigenvalue weighted by Crippen LogP contribution is 2.26. The van der Waals surface area contributed by atoms with Gasteiger partial charge in [0.15, 0.2) is 0 Å². The first-order valence-corrected chi connectivity index (χ1v) is 8.56. The minimum atomic E-state index is -0.425. The van der Waals surface area contributed by atoms with Gasteiger partial charge < -0.3 is 19.7 Å². The third kappa shape index (κ3) is 4.40. The summed E-state index contributed by atoms with van der Waals surface area (Å²) in [7, 11) is 1.35. The molecule has 1 amide bonds. The number of anilines is 2. The SMILES string of the molecule is COC(=O)c1cc(NC(=O)Cc2ccccc2)ccc1N1CCOCC1. The monoisotopic (exact) mass is 354 g/mol. The molecule has 1 fully saturated rings. The van der Waals surface area contributed by atoms with Gasteiger partial charge in [0.05, 0.1) is 38.0 Å². The summed E-state index contributed by atoms with van der Waals surface area (Å²) >= 11 is 0. The number of rotatable bonds is 5. The smallest absolute Gasteiger partial charge is 0.340 e. The molecule has 0 unspecified atom stereocenters. The maximum atomic E-state index is 12.3. The van der Waals surface area contributed by atoms with Crippen molar-refractivity contribution >= 4 is 23.3 Å². The van der Waals surface area contributed by atoms with Crippen LogP contribution in [0.3, 0.4) is 0 Å². The Hall–Kier alpha value is -2.86. The van der Waals surface area contributed by atoms with E-state index in [1.165, 1.54) is 7.11 Å². The molecule has 0 radical (unpaired) electrons. The van der Waals surface area contributed by atoms with Crippen molar-refractivity contribution in [3.05, 3.63) is 59.7 Å². The Kier molecular flexibility index (Phi) is 5.86. The Morgan fingerprint density at radius 1 is 1.12 bits per heavy atom. The van der Waals surface area contributed by atoms with Crippen molar-refractivity contribution in [3.63, 3.8) is 0 Å². The number of morpholine rings is 1. The number of nitrogens with zero attached hydrogens (tertiary/aromatic N) is 1. The molecular weight excluding hydrogens is 332 g/mol. The molecule has 0 bridgehead atoms. The molecule has 2 aromatic rings. The van der Waals surface area contributed by atoms with Crippen LogP contribution in [0.4, 0.5) is 11.4 Å². The summed E-state index contributed by atoms with van der Waals surface area (Å²) in [6, 6.07) is 14.8. The quantitative estimate of drug-likeness (QED) is 0.836. The predicted octanol–water partition coefficient (Wildman–Crippen LogP) is 2.49. The first kappa shape index (κ1) is 17.9. The third-order valence-corrected chi connectivity index (χ3v) is 4.24. The van der Waals surface area contributed by atoms with E-state index in [9.17, 15) is 9.59 Å². The van der Waals surface area contributed by atoms with Gasteiger partial charge in [-0.1, -0.05) is 30.3 Å². The Morgan fingerprint density at radius 2 is 1.85 bits per heavy atom. The molecule has 26 heavy (non-hydrogen) atoms. The van der Waals surface area contributed by atoms with Crippen LogP contribution in [-0.4, -0.2) is 45.3 Å². The molecule has 6 nitrogen and oxygen atoms in total. The fourth-order valence-corrected chi connectivity index (χ4v) is 2.95. The van der Waals surface area contributed by atoms with Crippen LogP contribution in [-0.2, 0) is 20.7 Å². The number of nitrogens with one attached hydrogen (secondary N) is 1.